The van der Waals surface area contributed by atoms with Crippen molar-refractivity contribution in [1.29, 1.82) is 0 Å². The van der Waals surface area contributed by atoms with E-state index in [4.69, 9.17) is 4.74 Å². The molecule has 0 aromatic heterocycles. The van der Waals surface area contributed by atoms with Crippen molar-refractivity contribution in [2.45, 2.75) is 89.9 Å². The number of hydrogen-bond acceptors (Lipinski definition) is 4. The van der Waals surface area contributed by atoms with Gasteiger partial charge in [0.1, 0.15) is 6.10 Å². The molecule has 2 aliphatic heterocycles. The van der Waals surface area contributed by atoms with Gasteiger partial charge in [-0.15, -0.1) is 0 Å². The van der Waals surface area contributed by atoms with Gasteiger partial charge in [0.2, 0.25) is 0 Å². The van der Waals surface area contributed by atoms with E-state index in [9.17, 15) is 10.2 Å². The van der Waals surface area contributed by atoms with Gasteiger partial charge in [0.25, 0.3) is 0 Å². The van der Waals surface area contributed by atoms with Gasteiger partial charge in [-0.05, 0) is 75.6 Å². The summed E-state index contributed by atoms with van der Waals surface area (Å²) >= 11 is 0. The van der Waals surface area contributed by atoms with Crippen LogP contribution in [-0.2, 0) is 11.8 Å². The lowest BCUT2D eigenvalue weighted by Gasteiger charge is -2.75. The number of benzene rings is 1. The van der Waals surface area contributed by atoms with Gasteiger partial charge < -0.3 is 19.8 Å². The quantitative estimate of drug-likeness (QED) is 0.725. The van der Waals surface area contributed by atoms with E-state index in [2.05, 4.69) is 52.6 Å². The molecule has 4 heteroatoms. The number of likely N-dealkylation sites (tertiary alicyclic amines) is 1. The van der Waals surface area contributed by atoms with Crippen molar-refractivity contribution in [2.75, 3.05) is 13.6 Å². The predicted molar refractivity (Wildman–Crippen MR) is 117 cm³/mol. The van der Waals surface area contributed by atoms with Crippen molar-refractivity contribution >= 4 is 0 Å². The first-order valence-electron chi connectivity index (χ1n) is 11.8. The Balaban J connectivity index is 1.64. The van der Waals surface area contributed by atoms with Crippen LogP contribution in [0.15, 0.2) is 12.1 Å². The molecule has 2 N–H and O–H groups in total. The zero-order valence-electron chi connectivity index (χ0n) is 19.4. The van der Waals surface area contributed by atoms with Crippen molar-refractivity contribution < 1.29 is 14.9 Å². The molecule has 7 atom stereocenters. The third-order valence-electron chi connectivity index (χ3n) is 11.0. The van der Waals surface area contributed by atoms with E-state index < -0.39 is 5.60 Å². The molecule has 4 fully saturated rings. The molecule has 164 valence electrons. The Morgan fingerprint density at radius 2 is 1.87 bits per heavy atom. The van der Waals surface area contributed by atoms with Crippen LogP contribution in [0.25, 0.3) is 0 Å². The number of rotatable bonds is 1. The maximum Gasteiger partial charge on any atom is 0.165 e. The smallest absolute Gasteiger partial charge is 0.165 e. The third-order valence-corrected chi connectivity index (χ3v) is 11.0. The number of likely N-dealkylation sites (N-methyl/N-ethyl adjacent to an activating group) is 1. The number of nitrogens with zero attached hydrogens (tertiary/aromatic N) is 1. The largest absolute Gasteiger partial charge is 0.504 e. The topological polar surface area (TPSA) is 52.9 Å². The Bertz CT molecular complexity index is 948. The highest BCUT2D eigenvalue weighted by Gasteiger charge is 2.80. The molecule has 4 bridgehead atoms. The van der Waals surface area contributed by atoms with Crippen LogP contribution in [-0.4, -0.2) is 46.5 Å². The zero-order chi connectivity index (χ0) is 21.5. The Kier molecular flexibility index (Phi) is 3.37. The first-order valence-corrected chi connectivity index (χ1v) is 11.8. The summed E-state index contributed by atoms with van der Waals surface area (Å²) in [6.07, 6.45) is 5.49. The van der Waals surface area contributed by atoms with Crippen LogP contribution in [0.3, 0.4) is 0 Å². The first-order chi connectivity index (χ1) is 13.9. The fourth-order valence-corrected chi connectivity index (χ4v) is 8.99. The molecule has 7 rings (SSSR count). The highest BCUT2D eigenvalue weighted by atomic mass is 16.5. The average Bonchev–Trinajstić information content (AvgIpc) is 3.03. The van der Waals surface area contributed by atoms with Crippen molar-refractivity contribution in [2.24, 2.45) is 22.2 Å². The number of aromatic hydroxyl groups is 1. The second-order valence-corrected chi connectivity index (χ2v) is 12.7. The lowest BCUT2D eigenvalue weighted by Crippen LogP contribution is -2.79. The van der Waals surface area contributed by atoms with Gasteiger partial charge in [0.05, 0.1) is 5.60 Å². The van der Waals surface area contributed by atoms with Crippen LogP contribution in [0.4, 0.5) is 0 Å². The van der Waals surface area contributed by atoms with Gasteiger partial charge in [-0.1, -0.05) is 33.8 Å². The Morgan fingerprint density at radius 1 is 1.13 bits per heavy atom. The summed E-state index contributed by atoms with van der Waals surface area (Å²) in [5.41, 5.74) is 1.68. The number of piperidine rings is 1. The molecule has 3 saturated carbocycles. The van der Waals surface area contributed by atoms with E-state index in [1.54, 1.807) is 0 Å². The highest BCUT2D eigenvalue weighted by Crippen LogP contribution is 2.79. The third kappa shape index (κ3) is 1.78. The van der Waals surface area contributed by atoms with Crippen LogP contribution in [0, 0.1) is 22.2 Å². The number of hydrogen-bond donors (Lipinski definition) is 2. The minimum atomic E-state index is -0.788. The summed E-state index contributed by atoms with van der Waals surface area (Å²) in [7, 11) is 2.29. The van der Waals surface area contributed by atoms with Gasteiger partial charge in [-0.3, -0.25) is 0 Å². The van der Waals surface area contributed by atoms with E-state index >= 15 is 0 Å². The molecule has 1 aromatic carbocycles. The van der Waals surface area contributed by atoms with Crippen LogP contribution in [0.2, 0.25) is 0 Å². The van der Waals surface area contributed by atoms with Crippen LogP contribution >= 0.6 is 0 Å². The summed E-state index contributed by atoms with van der Waals surface area (Å²) < 4.78 is 6.83. The van der Waals surface area contributed by atoms with Crippen LogP contribution in [0.1, 0.15) is 71.4 Å². The molecule has 0 amide bonds. The normalized spacial score (nSPS) is 45.6. The fourth-order valence-electron chi connectivity index (χ4n) is 8.99. The van der Waals surface area contributed by atoms with Gasteiger partial charge in [0.15, 0.2) is 11.5 Å². The molecule has 1 saturated heterocycles. The monoisotopic (exact) mass is 411 g/mol. The maximum absolute atomic E-state index is 12.0. The number of fused-ring (bicyclic) bond motifs is 2. The minimum Gasteiger partial charge on any atom is -0.504 e. The predicted octanol–water partition coefficient (Wildman–Crippen LogP) is 4.25. The molecular formula is C26H37NO3. The molecule has 2 heterocycles. The summed E-state index contributed by atoms with van der Waals surface area (Å²) in [5, 5.41) is 22.8. The van der Waals surface area contributed by atoms with Crippen molar-refractivity contribution in [1.82, 2.24) is 4.90 Å². The molecule has 30 heavy (non-hydrogen) atoms. The molecule has 6 aliphatic rings. The number of phenolic OH excluding ortho intramolecular Hbond substituents is 1. The lowest BCUT2D eigenvalue weighted by molar-refractivity contribution is -0.274. The van der Waals surface area contributed by atoms with Crippen molar-refractivity contribution in [3.05, 3.63) is 23.3 Å². The second-order valence-electron chi connectivity index (χ2n) is 12.7. The Hall–Kier alpha value is -1.26. The van der Waals surface area contributed by atoms with Gasteiger partial charge in [-0.25, -0.2) is 0 Å². The molecule has 1 aromatic rings. The minimum absolute atomic E-state index is 0.0245. The molecule has 4 nitrogen and oxygen atoms in total. The van der Waals surface area contributed by atoms with E-state index in [0.717, 1.165) is 38.0 Å². The van der Waals surface area contributed by atoms with Crippen LogP contribution < -0.4 is 4.74 Å². The molecule has 4 aliphatic carbocycles. The maximum atomic E-state index is 12.0. The van der Waals surface area contributed by atoms with E-state index in [1.165, 1.54) is 17.5 Å². The number of ether oxygens (including phenoxy) is 1. The van der Waals surface area contributed by atoms with E-state index in [-0.39, 0.29) is 33.7 Å². The Morgan fingerprint density at radius 3 is 2.57 bits per heavy atom. The summed E-state index contributed by atoms with van der Waals surface area (Å²) in [4.78, 5) is 2.59. The van der Waals surface area contributed by atoms with Crippen molar-refractivity contribution in [3.63, 3.8) is 0 Å². The summed E-state index contributed by atoms with van der Waals surface area (Å²) in [5.74, 6) is 1.23. The highest BCUT2D eigenvalue weighted by molar-refractivity contribution is 5.63. The molecular weight excluding hydrogens is 374 g/mol. The van der Waals surface area contributed by atoms with E-state index in [1.807, 2.05) is 6.07 Å². The molecule has 1 unspecified atom stereocenters. The summed E-state index contributed by atoms with van der Waals surface area (Å²) in [6.45, 7) is 12.1. The van der Waals surface area contributed by atoms with Gasteiger partial charge in [0, 0.05) is 27.9 Å². The van der Waals surface area contributed by atoms with E-state index in [0.29, 0.717) is 11.8 Å². The van der Waals surface area contributed by atoms with Crippen molar-refractivity contribution in [3.8, 4) is 11.5 Å². The molecule has 2 spiro atoms. The number of phenols is 1. The fraction of sp³-hybridized carbons (Fsp3) is 0.769. The zero-order valence-corrected chi connectivity index (χ0v) is 19.4. The number of aliphatic hydroxyl groups is 1. The SMILES string of the molecule is CN1CC[C@]23c4c5ccc(O)c4O[C@H]2[C@@]2(C)CCC3(C[C@@H]2[C@](C)(O)C(C)(C)C)[C@H]1C5. The van der Waals surface area contributed by atoms with Gasteiger partial charge >= 0.3 is 0 Å². The second kappa shape index (κ2) is 5.20. The molecule has 0 radical (unpaired) electrons. The average molecular weight is 412 g/mol. The standard InChI is InChI=1S/C26H37NO3/c1-22(2,3)24(5,29)17-14-25-10-9-23(17,4)21-26(25)11-12-27(6)18(25)13-15-7-8-16(28)20(30-21)19(15)26/h7-8,17-18,21,28-29H,9-14H2,1-6H3/t17-,18+,21-,23-,24-,25?,26-/m0/s1. The summed E-state index contributed by atoms with van der Waals surface area (Å²) in [6, 6.07) is 4.46. The lowest BCUT2D eigenvalue weighted by atomic mass is 9.31. The first kappa shape index (κ1) is 19.4. The van der Waals surface area contributed by atoms with Gasteiger partial charge in [-0.2, -0.15) is 0 Å². The van der Waals surface area contributed by atoms with Crippen LogP contribution in [0.5, 0.6) is 11.5 Å². The Labute approximate surface area is 180 Å².